The van der Waals surface area contributed by atoms with Gasteiger partial charge in [0.2, 0.25) is 0 Å². The lowest BCUT2D eigenvalue weighted by molar-refractivity contribution is 0.669. The van der Waals surface area contributed by atoms with Crippen LogP contribution in [0.1, 0.15) is 24.7 Å². The van der Waals surface area contributed by atoms with E-state index in [1.165, 1.54) is 5.69 Å². The summed E-state index contributed by atoms with van der Waals surface area (Å²) in [4.78, 5) is 2.33. The lowest BCUT2D eigenvalue weighted by atomic mass is 10.2. The van der Waals surface area contributed by atoms with E-state index in [0.29, 0.717) is 0 Å². The highest BCUT2D eigenvalue weighted by molar-refractivity contribution is 9.10. The molecule has 0 radical (unpaired) electrons. The van der Waals surface area contributed by atoms with Crippen LogP contribution in [0.25, 0.3) is 0 Å². The number of nitrogens with zero attached hydrogens (tertiary/aromatic N) is 3. The Morgan fingerprint density at radius 2 is 2.15 bits per heavy atom. The van der Waals surface area contributed by atoms with Gasteiger partial charge in [-0.15, -0.1) is 0 Å². The van der Waals surface area contributed by atoms with Gasteiger partial charge in [-0.25, -0.2) is 0 Å². The third-order valence-electron chi connectivity index (χ3n) is 3.33. The van der Waals surface area contributed by atoms with Crippen LogP contribution in [0, 0.1) is 6.92 Å². The van der Waals surface area contributed by atoms with E-state index in [-0.39, 0.29) is 0 Å². The minimum absolute atomic E-state index is 0.795. The molecule has 2 aromatic rings. The van der Waals surface area contributed by atoms with Crippen molar-refractivity contribution in [3.8, 4) is 0 Å². The summed E-state index contributed by atoms with van der Waals surface area (Å²) >= 11 is 3.63. The largest absolute Gasteiger partial charge is 0.399 e. The van der Waals surface area contributed by atoms with E-state index in [1.54, 1.807) is 0 Å². The summed E-state index contributed by atoms with van der Waals surface area (Å²) < 4.78 is 3.03. The van der Waals surface area contributed by atoms with Crippen LogP contribution in [0.5, 0.6) is 0 Å². The first-order valence-corrected chi connectivity index (χ1v) is 7.60. The molecular weight excluding hydrogens is 316 g/mol. The van der Waals surface area contributed by atoms with Gasteiger partial charge in [0, 0.05) is 25.0 Å². The molecule has 0 spiro atoms. The molecule has 0 aliphatic carbocycles. The van der Waals surface area contributed by atoms with Crippen molar-refractivity contribution in [2.45, 2.75) is 26.8 Å². The van der Waals surface area contributed by atoms with Crippen molar-refractivity contribution in [3.63, 3.8) is 0 Å². The topological polar surface area (TPSA) is 47.1 Å². The van der Waals surface area contributed by atoms with E-state index in [0.717, 1.165) is 41.1 Å². The number of aryl methyl sites for hydroxylation is 2. The molecule has 5 heteroatoms. The molecule has 2 N–H and O–H groups in total. The summed E-state index contributed by atoms with van der Waals surface area (Å²) in [5, 5.41) is 4.45. The molecule has 4 nitrogen and oxygen atoms in total. The predicted octanol–water partition coefficient (Wildman–Crippen LogP) is 3.49. The van der Waals surface area contributed by atoms with Gasteiger partial charge in [-0.2, -0.15) is 5.10 Å². The molecule has 0 aliphatic heterocycles. The number of hydrogen-bond acceptors (Lipinski definition) is 3. The Hall–Kier alpha value is -1.49. The first-order valence-electron chi connectivity index (χ1n) is 6.81. The maximum Gasteiger partial charge on any atom is 0.0739 e. The second kappa shape index (κ2) is 6.31. The fourth-order valence-electron chi connectivity index (χ4n) is 2.32. The molecule has 0 aliphatic rings. The Balaban J connectivity index is 2.30. The Morgan fingerprint density at radius 3 is 2.70 bits per heavy atom. The lowest BCUT2D eigenvalue weighted by Gasteiger charge is -2.25. The van der Waals surface area contributed by atoms with Crippen LogP contribution in [-0.2, 0) is 13.6 Å². The van der Waals surface area contributed by atoms with E-state index in [1.807, 2.05) is 36.9 Å². The van der Waals surface area contributed by atoms with Crippen LogP contribution in [0.4, 0.5) is 11.4 Å². The minimum atomic E-state index is 0.795. The SMILES string of the molecule is CCCN(Cc1c(Br)c(C)nn1C)c1cccc(N)c1. The molecule has 108 valence electrons. The van der Waals surface area contributed by atoms with Gasteiger partial charge in [0.15, 0.2) is 0 Å². The molecule has 0 bridgehead atoms. The molecule has 0 amide bonds. The summed E-state index contributed by atoms with van der Waals surface area (Å²) in [6, 6.07) is 8.03. The van der Waals surface area contributed by atoms with Crippen molar-refractivity contribution in [3.05, 3.63) is 40.1 Å². The van der Waals surface area contributed by atoms with Crippen molar-refractivity contribution >= 4 is 27.3 Å². The second-order valence-corrected chi connectivity index (χ2v) is 5.78. The van der Waals surface area contributed by atoms with Gasteiger partial charge >= 0.3 is 0 Å². The number of anilines is 2. The fraction of sp³-hybridized carbons (Fsp3) is 0.400. The number of rotatable bonds is 5. The van der Waals surface area contributed by atoms with Crippen LogP contribution in [-0.4, -0.2) is 16.3 Å². The zero-order valence-corrected chi connectivity index (χ0v) is 13.8. The average molecular weight is 337 g/mol. The maximum absolute atomic E-state index is 5.90. The van der Waals surface area contributed by atoms with Crippen molar-refractivity contribution in [1.29, 1.82) is 0 Å². The Labute approximate surface area is 128 Å². The average Bonchev–Trinajstić information content (AvgIpc) is 2.64. The van der Waals surface area contributed by atoms with Gasteiger partial charge in [0.1, 0.15) is 0 Å². The van der Waals surface area contributed by atoms with E-state index >= 15 is 0 Å². The molecule has 0 atom stereocenters. The summed E-state index contributed by atoms with van der Waals surface area (Å²) in [5.74, 6) is 0. The molecule has 0 saturated heterocycles. The van der Waals surface area contributed by atoms with Gasteiger partial charge < -0.3 is 10.6 Å². The zero-order chi connectivity index (χ0) is 14.7. The molecule has 0 saturated carbocycles. The number of benzene rings is 1. The Kier molecular flexibility index (Phi) is 4.70. The van der Waals surface area contributed by atoms with Gasteiger partial charge in [-0.1, -0.05) is 13.0 Å². The number of halogens is 1. The number of hydrogen-bond donors (Lipinski definition) is 1. The summed E-state index contributed by atoms with van der Waals surface area (Å²) in [6.07, 6.45) is 1.09. The highest BCUT2D eigenvalue weighted by Crippen LogP contribution is 2.25. The molecule has 1 heterocycles. The van der Waals surface area contributed by atoms with Crippen LogP contribution in [0.3, 0.4) is 0 Å². The summed E-state index contributed by atoms with van der Waals surface area (Å²) in [5.41, 5.74) is 10.0. The van der Waals surface area contributed by atoms with Crippen molar-refractivity contribution in [1.82, 2.24) is 9.78 Å². The first-order chi connectivity index (χ1) is 9.52. The predicted molar refractivity (Wildman–Crippen MR) is 87.8 cm³/mol. The normalized spacial score (nSPS) is 10.8. The Morgan fingerprint density at radius 1 is 1.40 bits per heavy atom. The number of aromatic nitrogens is 2. The second-order valence-electron chi connectivity index (χ2n) is 4.99. The molecule has 2 rings (SSSR count). The quantitative estimate of drug-likeness (QED) is 0.850. The van der Waals surface area contributed by atoms with Gasteiger partial charge in [0.25, 0.3) is 0 Å². The molecule has 1 aromatic carbocycles. The van der Waals surface area contributed by atoms with Crippen molar-refractivity contribution in [2.75, 3.05) is 17.2 Å². The molecule has 20 heavy (non-hydrogen) atoms. The van der Waals surface area contributed by atoms with Crippen LogP contribution in [0.2, 0.25) is 0 Å². The zero-order valence-electron chi connectivity index (χ0n) is 12.2. The Bertz CT molecular complexity index is 592. The summed E-state index contributed by atoms with van der Waals surface area (Å²) in [6.45, 7) is 6.00. The monoisotopic (exact) mass is 336 g/mol. The number of nitrogens with two attached hydrogens (primary N) is 1. The number of nitrogen functional groups attached to an aromatic ring is 1. The highest BCUT2D eigenvalue weighted by Gasteiger charge is 2.15. The van der Waals surface area contributed by atoms with Crippen molar-refractivity contribution < 1.29 is 0 Å². The van der Waals surface area contributed by atoms with Crippen molar-refractivity contribution in [2.24, 2.45) is 7.05 Å². The smallest absolute Gasteiger partial charge is 0.0739 e. The van der Waals surface area contributed by atoms with E-state index in [9.17, 15) is 0 Å². The molecular formula is C15H21BrN4. The standard InChI is InChI=1S/C15H21BrN4/c1-4-8-20(13-7-5-6-12(17)9-13)10-14-15(16)11(2)18-19(14)3/h5-7,9H,4,8,10,17H2,1-3H3. The molecule has 0 unspecified atom stereocenters. The third kappa shape index (κ3) is 3.15. The van der Waals surface area contributed by atoms with Gasteiger partial charge in [0.05, 0.1) is 22.4 Å². The minimum Gasteiger partial charge on any atom is -0.399 e. The van der Waals surface area contributed by atoms with E-state index in [2.05, 4.69) is 38.9 Å². The molecule has 1 aromatic heterocycles. The van der Waals surface area contributed by atoms with Gasteiger partial charge in [-0.05, 0) is 47.5 Å². The van der Waals surface area contributed by atoms with E-state index in [4.69, 9.17) is 5.73 Å². The lowest BCUT2D eigenvalue weighted by Crippen LogP contribution is -2.25. The molecule has 0 fully saturated rings. The van der Waals surface area contributed by atoms with Crippen LogP contribution in [0.15, 0.2) is 28.7 Å². The first kappa shape index (κ1) is 14.9. The van der Waals surface area contributed by atoms with Crippen LogP contribution < -0.4 is 10.6 Å². The van der Waals surface area contributed by atoms with Gasteiger partial charge in [-0.3, -0.25) is 4.68 Å². The fourth-order valence-corrected chi connectivity index (χ4v) is 2.78. The highest BCUT2D eigenvalue weighted by atomic mass is 79.9. The summed E-state index contributed by atoms with van der Waals surface area (Å²) in [7, 11) is 1.98. The van der Waals surface area contributed by atoms with Crippen LogP contribution >= 0.6 is 15.9 Å². The maximum atomic E-state index is 5.90. The third-order valence-corrected chi connectivity index (χ3v) is 4.36. The van der Waals surface area contributed by atoms with E-state index < -0.39 is 0 Å².